The first-order valence-corrected chi connectivity index (χ1v) is 12.5. The van der Waals surface area contributed by atoms with Crippen molar-refractivity contribution >= 4 is 40.9 Å². The zero-order valence-electron chi connectivity index (χ0n) is 18.4. The van der Waals surface area contributed by atoms with E-state index in [0.717, 1.165) is 42.6 Å². The maximum atomic E-state index is 13.5. The molecule has 1 aromatic heterocycles. The van der Waals surface area contributed by atoms with Gasteiger partial charge in [-0.15, -0.1) is 10.2 Å². The SMILES string of the molecule is COc1ccc(NC(=O)C(Sc2nnc(N3CCCC3)n2C2CC2)c2ccccc2)cc1Cl. The molecule has 9 heteroatoms. The summed E-state index contributed by atoms with van der Waals surface area (Å²) in [5.41, 5.74) is 1.53. The number of hydrogen-bond acceptors (Lipinski definition) is 6. The molecule has 1 amide bonds. The van der Waals surface area contributed by atoms with Crippen LogP contribution in [-0.4, -0.2) is 40.9 Å². The highest BCUT2D eigenvalue weighted by molar-refractivity contribution is 8.00. The third-order valence-corrected chi connectivity index (χ3v) is 7.44. The van der Waals surface area contributed by atoms with Crippen molar-refractivity contribution in [3.05, 3.63) is 59.1 Å². The van der Waals surface area contributed by atoms with Crippen molar-refractivity contribution in [2.24, 2.45) is 0 Å². The number of hydrogen-bond donors (Lipinski definition) is 1. The first kappa shape index (κ1) is 22.1. The smallest absolute Gasteiger partial charge is 0.242 e. The third kappa shape index (κ3) is 4.82. The molecule has 172 valence electrons. The largest absolute Gasteiger partial charge is 0.495 e. The van der Waals surface area contributed by atoms with Crippen LogP contribution in [0.3, 0.4) is 0 Å². The summed E-state index contributed by atoms with van der Waals surface area (Å²) < 4.78 is 7.46. The van der Waals surface area contributed by atoms with Crippen molar-refractivity contribution in [1.29, 1.82) is 0 Å². The van der Waals surface area contributed by atoms with E-state index in [4.69, 9.17) is 16.3 Å². The molecule has 2 aromatic carbocycles. The Kier molecular flexibility index (Phi) is 6.46. The molecule has 5 rings (SSSR count). The number of benzene rings is 2. The first-order valence-electron chi connectivity index (χ1n) is 11.2. The third-order valence-electron chi connectivity index (χ3n) is 5.93. The average Bonchev–Trinajstić information content (AvgIpc) is 3.34. The minimum atomic E-state index is -0.486. The molecule has 0 spiro atoms. The average molecular weight is 484 g/mol. The van der Waals surface area contributed by atoms with Gasteiger partial charge < -0.3 is 15.0 Å². The van der Waals surface area contributed by atoms with Gasteiger partial charge in [-0.1, -0.05) is 53.7 Å². The van der Waals surface area contributed by atoms with Crippen molar-refractivity contribution in [2.75, 3.05) is 30.4 Å². The lowest BCUT2D eigenvalue weighted by Gasteiger charge is -2.20. The number of carbonyl (C=O) groups excluding carboxylic acids is 1. The van der Waals surface area contributed by atoms with E-state index in [0.29, 0.717) is 22.5 Å². The van der Waals surface area contributed by atoms with Crippen LogP contribution in [0.2, 0.25) is 5.02 Å². The molecular formula is C24H26ClN5O2S. The normalized spacial score (nSPS) is 16.6. The number of nitrogens with zero attached hydrogens (tertiary/aromatic N) is 4. The zero-order chi connectivity index (χ0) is 22.8. The summed E-state index contributed by atoms with van der Waals surface area (Å²) in [5, 5.41) is 12.8. The summed E-state index contributed by atoms with van der Waals surface area (Å²) in [6, 6.07) is 15.4. The molecule has 1 saturated heterocycles. The maximum Gasteiger partial charge on any atom is 0.242 e. The van der Waals surface area contributed by atoms with Gasteiger partial charge in [0.1, 0.15) is 11.0 Å². The van der Waals surface area contributed by atoms with Gasteiger partial charge in [-0.2, -0.15) is 0 Å². The van der Waals surface area contributed by atoms with Crippen LogP contribution in [0.1, 0.15) is 42.5 Å². The van der Waals surface area contributed by atoms with Crippen LogP contribution >= 0.6 is 23.4 Å². The fourth-order valence-electron chi connectivity index (χ4n) is 4.09. The Morgan fingerprint density at radius 2 is 1.91 bits per heavy atom. The highest BCUT2D eigenvalue weighted by atomic mass is 35.5. The fraction of sp³-hybridized carbons (Fsp3) is 0.375. The second kappa shape index (κ2) is 9.65. The van der Waals surface area contributed by atoms with E-state index in [1.54, 1.807) is 25.3 Å². The molecular weight excluding hydrogens is 458 g/mol. The highest BCUT2D eigenvalue weighted by Gasteiger charge is 2.34. The van der Waals surface area contributed by atoms with Gasteiger partial charge in [0.25, 0.3) is 0 Å². The summed E-state index contributed by atoms with van der Waals surface area (Å²) in [4.78, 5) is 15.8. The lowest BCUT2D eigenvalue weighted by Crippen LogP contribution is -2.22. The Hall–Kier alpha value is -2.71. The molecule has 1 aliphatic heterocycles. The highest BCUT2D eigenvalue weighted by Crippen LogP contribution is 2.44. The van der Waals surface area contributed by atoms with E-state index in [-0.39, 0.29) is 5.91 Å². The van der Waals surface area contributed by atoms with E-state index in [1.807, 2.05) is 30.3 Å². The summed E-state index contributed by atoms with van der Waals surface area (Å²) >= 11 is 7.71. The number of aromatic nitrogens is 3. The standard InChI is InChI=1S/C24H26ClN5O2S/c1-32-20-12-9-17(15-19(20)25)26-22(31)21(16-7-3-2-4-8-16)33-24-28-27-23(29-13-5-6-14-29)30(24)18-10-11-18/h2-4,7-9,12,15,18,21H,5-6,10-11,13-14H2,1H3,(H,26,31). The van der Waals surface area contributed by atoms with Crippen molar-refractivity contribution in [2.45, 2.75) is 42.1 Å². The van der Waals surface area contributed by atoms with Gasteiger partial charge in [-0.05, 0) is 49.4 Å². The van der Waals surface area contributed by atoms with Crippen LogP contribution in [0, 0.1) is 0 Å². The van der Waals surface area contributed by atoms with Gasteiger partial charge in [0.05, 0.1) is 12.1 Å². The number of methoxy groups -OCH3 is 1. The van der Waals surface area contributed by atoms with Gasteiger partial charge >= 0.3 is 0 Å². The number of amides is 1. The molecule has 7 nitrogen and oxygen atoms in total. The number of halogens is 1. The minimum absolute atomic E-state index is 0.138. The predicted molar refractivity (Wildman–Crippen MR) is 131 cm³/mol. The second-order valence-corrected chi connectivity index (χ2v) is 9.80. The molecule has 33 heavy (non-hydrogen) atoms. The zero-order valence-corrected chi connectivity index (χ0v) is 20.0. The number of ether oxygens (including phenoxy) is 1. The Labute approximate surface area is 202 Å². The van der Waals surface area contributed by atoms with Crippen LogP contribution < -0.4 is 15.0 Å². The molecule has 1 unspecified atom stereocenters. The maximum absolute atomic E-state index is 13.5. The predicted octanol–water partition coefficient (Wildman–Crippen LogP) is 5.35. The number of carbonyl (C=O) groups is 1. The molecule has 3 aromatic rings. The van der Waals surface area contributed by atoms with Crippen LogP contribution in [0.5, 0.6) is 5.75 Å². The monoisotopic (exact) mass is 483 g/mol. The van der Waals surface area contributed by atoms with Gasteiger partial charge in [0.2, 0.25) is 11.9 Å². The Morgan fingerprint density at radius 1 is 1.15 bits per heavy atom. The van der Waals surface area contributed by atoms with Crippen LogP contribution in [0.15, 0.2) is 53.7 Å². The molecule has 1 N–H and O–H groups in total. The van der Waals surface area contributed by atoms with E-state index < -0.39 is 5.25 Å². The van der Waals surface area contributed by atoms with Gasteiger partial charge in [0.15, 0.2) is 5.16 Å². The van der Waals surface area contributed by atoms with E-state index >= 15 is 0 Å². The molecule has 1 saturated carbocycles. The summed E-state index contributed by atoms with van der Waals surface area (Å²) in [6.45, 7) is 2.02. The van der Waals surface area contributed by atoms with Gasteiger partial charge in [0, 0.05) is 24.8 Å². The van der Waals surface area contributed by atoms with Gasteiger partial charge in [-0.25, -0.2) is 0 Å². The summed E-state index contributed by atoms with van der Waals surface area (Å²) in [6.07, 6.45) is 4.61. The van der Waals surface area contributed by atoms with Crippen LogP contribution in [0.4, 0.5) is 11.6 Å². The number of nitrogens with one attached hydrogen (secondary N) is 1. The summed E-state index contributed by atoms with van der Waals surface area (Å²) in [5.74, 6) is 1.36. The molecule has 0 radical (unpaired) electrons. The summed E-state index contributed by atoms with van der Waals surface area (Å²) in [7, 11) is 1.56. The van der Waals surface area contributed by atoms with Gasteiger partial charge in [-0.3, -0.25) is 9.36 Å². The van der Waals surface area contributed by atoms with E-state index in [1.165, 1.54) is 24.6 Å². The second-order valence-electron chi connectivity index (χ2n) is 8.33. The Bertz CT molecular complexity index is 1130. The molecule has 1 atom stereocenters. The van der Waals surface area contributed by atoms with Crippen molar-refractivity contribution in [3.8, 4) is 5.75 Å². The van der Waals surface area contributed by atoms with Crippen molar-refractivity contribution in [3.63, 3.8) is 0 Å². The molecule has 2 heterocycles. The Morgan fingerprint density at radius 3 is 2.58 bits per heavy atom. The fourth-order valence-corrected chi connectivity index (χ4v) is 5.45. The first-order chi connectivity index (χ1) is 16.1. The number of rotatable bonds is 8. The molecule has 1 aliphatic carbocycles. The van der Waals surface area contributed by atoms with Crippen molar-refractivity contribution < 1.29 is 9.53 Å². The molecule has 0 bridgehead atoms. The minimum Gasteiger partial charge on any atom is -0.495 e. The lowest BCUT2D eigenvalue weighted by molar-refractivity contribution is -0.115. The van der Waals surface area contributed by atoms with Crippen LogP contribution in [-0.2, 0) is 4.79 Å². The van der Waals surface area contributed by atoms with E-state index in [2.05, 4.69) is 25.0 Å². The number of anilines is 2. The Balaban J connectivity index is 1.43. The van der Waals surface area contributed by atoms with Crippen LogP contribution in [0.25, 0.3) is 0 Å². The lowest BCUT2D eigenvalue weighted by atomic mass is 10.1. The van der Waals surface area contributed by atoms with Crippen molar-refractivity contribution in [1.82, 2.24) is 14.8 Å². The molecule has 2 aliphatic rings. The van der Waals surface area contributed by atoms with E-state index in [9.17, 15) is 4.79 Å². The quantitative estimate of drug-likeness (QED) is 0.435. The number of thioether (sulfide) groups is 1. The molecule has 2 fully saturated rings. The topological polar surface area (TPSA) is 72.3 Å².